The van der Waals surface area contributed by atoms with Crippen LogP contribution in [0.3, 0.4) is 0 Å². The Balaban J connectivity index is 2.11. The van der Waals surface area contributed by atoms with Crippen molar-refractivity contribution in [3.8, 4) is 6.07 Å². The van der Waals surface area contributed by atoms with Crippen LogP contribution in [0.2, 0.25) is 0 Å². The van der Waals surface area contributed by atoms with Gasteiger partial charge in [0.05, 0.1) is 47.9 Å². The minimum absolute atomic E-state index is 0.00851. The van der Waals surface area contributed by atoms with Crippen LogP contribution in [0.15, 0.2) is 94.3 Å². The van der Waals surface area contributed by atoms with E-state index >= 15 is 0 Å². The number of nitriles is 1. The summed E-state index contributed by atoms with van der Waals surface area (Å²) in [4.78, 5) is 27.3. The Hall–Kier alpha value is -4.66. The van der Waals surface area contributed by atoms with E-state index in [0.29, 0.717) is 16.3 Å². The van der Waals surface area contributed by atoms with Gasteiger partial charge in [-0.3, -0.25) is 9.45 Å². The van der Waals surface area contributed by atoms with Gasteiger partial charge in [0.1, 0.15) is 11.5 Å². The third-order valence-electron chi connectivity index (χ3n) is 5.98. The van der Waals surface area contributed by atoms with Gasteiger partial charge in [0, 0.05) is 5.39 Å². The number of carbonyl (C=O) groups excluding carboxylic acids is 2. The van der Waals surface area contributed by atoms with Crippen molar-refractivity contribution in [2.45, 2.75) is 10.8 Å². The first-order valence-electron chi connectivity index (χ1n) is 10.8. The molecule has 0 bridgehead atoms. The molecule has 10 nitrogen and oxygen atoms in total. The second-order valence-electron chi connectivity index (χ2n) is 7.97. The number of hydrogen-bond donors (Lipinski definition) is 2. The number of fused-ring (bicyclic) bond motifs is 1. The highest BCUT2D eigenvalue weighted by Gasteiger charge is 2.43. The maximum Gasteiger partial charge on any atom is 0.355 e. The van der Waals surface area contributed by atoms with E-state index in [0.717, 1.165) is 14.2 Å². The maximum absolute atomic E-state index is 13.2. The van der Waals surface area contributed by atoms with Crippen LogP contribution in [0.25, 0.3) is 10.8 Å². The molecule has 0 saturated carbocycles. The fourth-order valence-electron chi connectivity index (χ4n) is 4.36. The normalized spacial score (nSPS) is 15.9. The predicted molar refractivity (Wildman–Crippen MR) is 133 cm³/mol. The quantitative estimate of drug-likeness (QED) is 0.379. The van der Waals surface area contributed by atoms with Crippen molar-refractivity contribution in [1.82, 2.24) is 0 Å². The summed E-state index contributed by atoms with van der Waals surface area (Å²) < 4.78 is 42.8. The molecule has 1 heterocycles. The van der Waals surface area contributed by atoms with Crippen molar-refractivity contribution < 1.29 is 32.0 Å². The molecule has 0 aromatic heterocycles. The molecule has 0 aliphatic carbocycles. The third kappa shape index (κ3) is 4.40. The predicted octanol–water partition coefficient (Wildman–Crippen LogP) is 2.98. The maximum atomic E-state index is 13.2. The largest absolute Gasteiger partial charge is 0.466 e. The molecule has 188 valence electrons. The lowest BCUT2D eigenvalue weighted by atomic mass is 9.80. The molecular weight excluding hydrogens is 498 g/mol. The zero-order valence-corrected chi connectivity index (χ0v) is 20.5. The summed E-state index contributed by atoms with van der Waals surface area (Å²) in [6.07, 6.45) is 0. The van der Waals surface area contributed by atoms with Crippen molar-refractivity contribution in [1.29, 1.82) is 5.26 Å². The van der Waals surface area contributed by atoms with E-state index in [1.165, 1.54) is 23.1 Å². The highest BCUT2D eigenvalue weighted by molar-refractivity contribution is 7.85. The Morgan fingerprint density at radius 2 is 1.68 bits per heavy atom. The molecule has 0 amide bonds. The van der Waals surface area contributed by atoms with Gasteiger partial charge in [0.2, 0.25) is 0 Å². The van der Waals surface area contributed by atoms with Crippen LogP contribution in [0, 0.1) is 11.3 Å². The number of benzene rings is 3. The molecule has 3 aromatic rings. The van der Waals surface area contributed by atoms with E-state index in [9.17, 15) is 27.8 Å². The molecule has 3 N–H and O–H groups in total. The molecule has 1 aliphatic heterocycles. The molecule has 0 radical (unpaired) electrons. The molecule has 4 rings (SSSR count). The minimum atomic E-state index is -4.48. The number of methoxy groups -OCH3 is 2. The number of allylic oxidation sites excluding steroid dienone is 1. The van der Waals surface area contributed by atoms with Crippen molar-refractivity contribution in [2.75, 3.05) is 19.1 Å². The number of ether oxygens (including phenoxy) is 2. The lowest BCUT2D eigenvalue weighted by Gasteiger charge is -2.36. The number of esters is 2. The molecule has 11 heteroatoms. The van der Waals surface area contributed by atoms with E-state index in [2.05, 4.69) is 6.07 Å². The molecule has 0 fully saturated rings. The fraction of sp³-hybridized carbons (Fsp3) is 0.115. The van der Waals surface area contributed by atoms with Gasteiger partial charge in [-0.25, -0.2) is 9.59 Å². The Bertz CT molecular complexity index is 1640. The zero-order valence-electron chi connectivity index (χ0n) is 19.7. The Labute approximate surface area is 212 Å². The highest BCUT2D eigenvalue weighted by atomic mass is 32.2. The third-order valence-corrected chi connectivity index (χ3v) is 6.83. The number of rotatable bonds is 5. The Kier molecular flexibility index (Phi) is 6.72. The van der Waals surface area contributed by atoms with Crippen molar-refractivity contribution >= 4 is 38.5 Å². The molecule has 3 aromatic carbocycles. The summed E-state index contributed by atoms with van der Waals surface area (Å²) in [7, 11) is -2.19. The van der Waals surface area contributed by atoms with E-state index in [1.54, 1.807) is 48.5 Å². The molecule has 0 spiro atoms. The average molecular weight is 520 g/mol. The topological polar surface area (TPSA) is 160 Å². The number of hydrogen-bond acceptors (Lipinski definition) is 9. The summed E-state index contributed by atoms with van der Waals surface area (Å²) >= 11 is 0. The first kappa shape index (κ1) is 25.4. The first-order valence-corrected chi connectivity index (χ1v) is 12.2. The van der Waals surface area contributed by atoms with Gasteiger partial charge in [-0.2, -0.15) is 13.7 Å². The van der Waals surface area contributed by atoms with E-state index in [4.69, 9.17) is 15.2 Å². The standard InChI is InChI=1S/C26H21N3O7S/c1-35-25(30)22-21(15-7-4-3-5-8-15)19(14-27)24(28)29(23(22)26(31)36-2)20-10-6-9-16-13-17(37(32,33)34)11-12-18(16)20/h3-13,21H,28H2,1-2H3,(H,32,33,34). The van der Waals surface area contributed by atoms with Gasteiger partial charge in [-0.15, -0.1) is 0 Å². The molecule has 37 heavy (non-hydrogen) atoms. The second kappa shape index (κ2) is 9.77. The number of carbonyl (C=O) groups is 2. The minimum Gasteiger partial charge on any atom is -0.466 e. The van der Waals surface area contributed by atoms with Crippen molar-refractivity contribution in [3.05, 3.63) is 95.0 Å². The SMILES string of the molecule is COC(=O)C1=C(C(=O)OC)N(c2cccc3cc(S(=O)(=O)O)ccc23)C(N)=C(C#N)C1c1ccccc1. The summed E-state index contributed by atoms with van der Waals surface area (Å²) in [6.45, 7) is 0. The smallest absolute Gasteiger partial charge is 0.355 e. The van der Waals surface area contributed by atoms with Crippen LogP contribution in [-0.2, 0) is 29.2 Å². The van der Waals surface area contributed by atoms with Crippen molar-refractivity contribution in [2.24, 2.45) is 5.73 Å². The summed E-state index contributed by atoms with van der Waals surface area (Å²) in [5.74, 6) is -2.93. The Morgan fingerprint density at radius 1 is 1.00 bits per heavy atom. The number of nitrogens with two attached hydrogens (primary N) is 1. The first-order chi connectivity index (χ1) is 17.6. The van der Waals surface area contributed by atoms with E-state index in [1.807, 2.05) is 0 Å². The number of nitrogens with zero attached hydrogens (tertiary/aromatic N) is 2. The fourth-order valence-corrected chi connectivity index (χ4v) is 4.88. The zero-order chi connectivity index (χ0) is 26.9. The van der Waals surface area contributed by atoms with Gasteiger partial charge < -0.3 is 15.2 Å². The van der Waals surface area contributed by atoms with Gasteiger partial charge in [0.25, 0.3) is 10.1 Å². The molecule has 1 unspecified atom stereocenters. The van der Waals surface area contributed by atoms with Gasteiger partial charge >= 0.3 is 11.9 Å². The van der Waals surface area contributed by atoms with Crippen LogP contribution in [-0.4, -0.2) is 39.1 Å². The van der Waals surface area contributed by atoms with Crippen LogP contribution in [0.5, 0.6) is 0 Å². The molecule has 0 saturated heterocycles. The van der Waals surface area contributed by atoms with Crippen LogP contribution >= 0.6 is 0 Å². The van der Waals surface area contributed by atoms with E-state index < -0.39 is 28.0 Å². The summed E-state index contributed by atoms with van der Waals surface area (Å²) in [5, 5.41) is 10.9. The monoisotopic (exact) mass is 519 g/mol. The Morgan fingerprint density at radius 3 is 2.27 bits per heavy atom. The lowest BCUT2D eigenvalue weighted by Crippen LogP contribution is -2.40. The van der Waals surface area contributed by atoms with Crippen LogP contribution in [0.4, 0.5) is 5.69 Å². The van der Waals surface area contributed by atoms with Crippen molar-refractivity contribution in [3.63, 3.8) is 0 Å². The van der Waals surface area contributed by atoms with Gasteiger partial charge in [-0.1, -0.05) is 48.5 Å². The average Bonchev–Trinajstić information content (AvgIpc) is 2.90. The highest BCUT2D eigenvalue weighted by Crippen LogP contribution is 2.44. The summed E-state index contributed by atoms with van der Waals surface area (Å²) in [5.41, 5.74) is 6.89. The van der Waals surface area contributed by atoms with Crippen LogP contribution in [0.1, 0.15) is 11.5 Å². The molecule has 1 atom stereocenters. The van der Waals surface area contributed by atoms with Gasteiger partial charge in [-0.05, 0) is 29.1 Å². The number of anilines is 1. The molecule has 1 aliphatic rings. The molecular formula is C26H21N3O7S. The van der Waals surface area contributed by atoms with E-state index in [-0.39, 0.29) is 33.2 Å². The van der Waals surface area contributed by atoms with Gasteiger partial charge in [0.15, 0.2) is 0 Å². The second-order valence-corrected chi connectivity index (χ2v) is 9.39. The summed E-state index contributed by atoms with van der Waals surface area (Å²) in [6, 6.07) is 19.3. The lowest BCUT2D eigenvalue weighted by molar-refractivity contribution is -0.139. The van der Waals surface area contributed by atoms with Crippen LogP contribution < -0.4 is 10.6 Å².